The lowest BCUT2D eigenvalue weighted by molar-refractivity contribution is -0.120. The van der Waals surface area contributed by atoms with Gasteiger partial charge in [-0.2, -0.15) is 5.10 Å². The fourth-order valence-corrected chi connectivity index (χ4v) is 2.96. The summed E-state index contributed by atoms with van der Waals surface area (Å²) in [6.07, 6.45) is 2.53. The first-order chi connectivity index (χ1) is 11.2. The molecular formula is C17H22N4O2. The molecule has 0 radical (unpaired) electrons. The maximum atomic E-state index is 12.5. The van der Waals surface area contributed by atoms with Crippen molar-refractivity contribution in [3.63, 3.8) is 0 Å². The van der Waals surface area contributed by atoms with Gasteiger partial charge in [0.25, 0.3) is 0 Å². The molecule has 1 aromatic heterocycles. The van der Waals surface area contributed by atoms with Crippen LogP contribution in [0, 0.1) is 0 Å². The van der Waals surface area contributed by atoms with Crippen molar-refractivity contribution in [2.75, 3.05) is 26.0 Å². The van der Waals surface area contributed by atoms with Crippen LogP contribution >= 0.6 is 0 Å². The number of hydrogen-bond acceptors (Lipinski definition) is 4. The van der Waals surface area contributed by atoms with Gasteiger partial charge in [0.15, 0.2) is 0 Å². The zero-order valence-electron chi connectivity index (χ0n) is 13.5. The van der Waals surface area contributed by atoms with E-state index in [9.17, 15) is 4.79 Å². The first-order valence-corrected chi connectivity index (χ1v) is 7.77. The lowest BCUT2D eigenvalue weighted by Gasteiger charge is -2.18. The molecule has 6 heteroatoms. The van der Waals surface area contributed by atoms with Crippen LogP contribution in [0.15, 0.2) is 42.6 Å². The van der Waals surface area contributed by atoms with Crippen molar-refractivity contribution in [3.05, 3.63) is 48.2 Å². The summed E-state index contributed by atoms with van der Waals surface area (Å²) in [7, 11) is 3.64. The topological polar surface area (TPSA) is 59.4 Å². The minimum Gasteiger partial charge on any atom is -0.380 e. The third kappa shape index (κ3) is 3.60. The lowest BCUT2D eigenvalue weighted by Crippen LogP contribution is -2.37. The Morgan fingerprint density at radius 2 is 2.13 bits per heavy atom. The second-order valence-electron chi connectivity index (χ2n) is 5.90. The predicted octanol–water partition coefficient (Wildman–Crippen LogP) is 1.59. The Balaban J connectivity index is 1.67. The number of benzene rings is 1. The molecule has 122 valence electrons. The van der Waals surface area contributed by atoms with E-state index in [1.807, 2.05) is 48.3 Å². The Bertz CT molecular complexity index is 656. The molecule has 3 rings (SSSR count). The molecule has 1 aliphatic heterocycles. The fraction of sp³-hybridized carbons (Fsp3) is 0.412. The molecule has 1 aromatic carbocycles. The van der Waals surface area contributed by atoms with Crippen LogP contribution < -0.4 is 5.32 Å². The van der Waals surface area contributed by atoms with Crippen LogP contribution in [0.2, 0.25) is 0 Å². The van der Waals surface area contributed by atoms with Gasteiger partial charge in [0, 0.05) is 19.7 Å². The van der Waals surface area contributed by atoms with E-state index < -0.39 is 0 Å². The largest absolute Gasteiger partial charge is 0.380 e. The molecule has 1 aliphatic rings. The van der Waals surface area contributed by atoms with Gasteiger partial charge in [-0.15, -0.1) is 0 Å². The zero-order chi connectivity index (χ0) is 16.2. The molecule has 1 amide bonds. The Morgan fingerprint density at radius 1 is 1.35 bits per heavy atom. The van der Waals surface area contributed by atoms with Crippen LogP contribution in [0.5, 0.6) is 0 Å². The highest BCUT2D eigenvalue weighted by Gasteiger charge is 2.34. The number of rotatable bonds is 5. The summed E-state index contributed by atoms with van der Waals surface area (Å²) in [5.41, 5.74) is 1.14. The standard InChI is InChI=1S/C17H22N4O2/c1-20-12-14(23-2)10-15(20)17(22)19-16-8-9-18-21(16)11-13-6-4-3-5-7-13/h3-9,14-15H,10-12H2,1-2H3,(H,19,22)/t14-,15-/m0/s1. The van der Waals surface area contributed by atoms with Gasteiger partial charge in [0.2, 0.25) is 5.91 Å². The number of carbonyl (C=O) groups is 1. The number of ether oxygens (including phenoxy) is 1. The Labute approximate surface area is 136 Å². The van der Waals surface area contributed by atoms with Gasteiger partial charge in [-0.1, -0.05) is 30.3 Å². The number of likely N-dealkylation sites (N-methyl/N-ethyl adjacent to an activating group) is 1. The van der Waals surface area contributed by atoms with Crippen molar-refractivity contribution in [2.24, 2.45) is 0 Å². The first kappa shape index (κ1) is 15.7. The number of anilines is 1. The number of nitrogens with zero attached hydrogens (tertiary/aromatic N) is 3. The monoisotopic (exact) mass is 314 g/mol. The van der Waals surface area contributed by atoms with Crippen molar-refractivity contribution in [1.29, 1.82) is 0 Å². The summed E-state index contributed by atoms with van der Waals surface area (Å²) in [4.78, 5) is 14.6. The minimum absolute atomic E-state index is 0.0122. The third-order valence-corrected chi connectivity index (χ3v) is 4.29. The van der Waals surface area contributed by atoms with Gasteiger partial charge in [-0.3, -0.25) is 9.69 Å². The molecule has 1 saturated heterocycles. The van der Waals surface area contributed by atoms with Crippen molar-refractivity contribution in [2.45, 2.75) is 25.1 Å². The molecular weight excluding hydrogens is 292 g/mol. The molecule has 0 saturated carbocycles. The van der Waals surface area contributed by atoms with Crippen LogP contribution in [0.3, 0.4) is 0 Å². The van der Waals surface area contributed by atoms with Crippen molar-refractivity contribution < 1.29 is 9.53 Å². The molecule has 2 aromatic rings. The molecule has 0 spiro atoms. The number of amides is 1. The number of likely N-dealkylation sites (tertiary alicyclic amines) is 1. The lowest BCUT2D eigenvalue weighted by atomic mass is 10.2. The van der Waals surface area contributed by atoms with E-state index in [0.717, 1.165) is 12.1 Å². The van der Waals surface area contributed by atoms with E-state index in [1.54, 1.807) is 18.0 Å². The van der Waals surface area contributed by atoms with Crippen molar-refractivity contribution in [1.82, 2.24) is 14.7 Å². The minimum atomic E-state index is -0.167. The summed E-state index contributed by atoms with van der Waals surface area (Å²) < 4.78 is 7.16. The summed E-state index contributed by atoms with van der Waals surface area (Å²) in [6.45, 7) is 1.41. The molecule has 1 N–H and O–H groups in total. The van der Waals surface area contributed by atoms with E-state index in [0.29, 0.717) is 18.8 Å². The fourth-order valence-electron chi connectivity index (χ4n) is 2.96. The number of methoxy groups -OCH3 is 1. The number of nitrogens with one attached hydrogen (secondary N) is 1. The highest BCUT2D eigenvalue weighted by atomic mass is 16.5. The van der Waals surface area contributed by atoms with E-state index >= 15 is 0 Å². The van der Waals surface area contributed by atoms with Crippen LogP contribution in [0.4, 0.5) is 5.82 Å². The van der Waals surface area contributed by atoms with Crippen LogP contribution in [0.1, 0.15) is 12.0 Å². The number of aromatic nitrogens is 2. The molecule has 2 heterocycles. The highest BCUT2D eigenvalue weighted by molar-refractivity contribution is 5.94. The first-order valence-electron chi connectivity index (χ1n) is 7.77. The quantitative estimate of drug-likeness (QED) is 0.910. The average molecular weight is 314 g/mol. The molecule has 1 fully saturated rings. The highest BCUT2D eigenvalue weighted by Crippen LogP contribution is 2.20. The van der Waals surface area contributed by atoms with Gasteiger partial charge in [-0.05, 0) is 19.0 Å². The van der Waals surface area contributed by atoms with Crippen molar-refractivity contribution >= 4 is 11.7 Å². The average Bonchev–Trinajstić information content (AvgIpc) is 3.15. The van der Waals surface area contributed by atoms with Gasteiger partial charge in [0.1, 0.15) is 5.82 Å². The number of hydrogen-bond donors (Lipinski definition) is 1. The smallest absolute Gasteiger partial charge is 0.242 e. The Morgan fingerprint density at radius 3 is 2.83 bits per heavy atom. The van der Waals surface area contributed by atoms with Crippen LogP contribution in [-0.2, 0) is 16.1 Å². The van der Waals surface area contributed by atoms with E-state index in [2.05, 4.69) is 10.4 Å². The Hall–Kier alpha value is -2.18. The van der Waals surface area contributed by atoms with Crippen molar-refractivity contribution in [3.8, 4) is 0 Å². The SMILES string of the molecule is CO[C@H]1C[C@@H](C(=O)Nc2ccnn2Cc2ccccc2)N(C)C1. The van der Waals surface area contributed by atoms with E-state index in [1.165, 1.54) is 0 Å². The number of carbonyl (C=O) groups excluding carboxylic acids is 1. The molecule has 2 atom stereocenters. The maximum absolute atomic E-state index is 12.5. The van der Waals surface area contributed by atoms with E-state index in [-0.39, 0.29) is 18.1 Å². The van der Waals surface area contributed by atoms with Gasteiger partial charge >= 0.3 is 0 Å². The van der Waals surface area contributed by atoms with Crippen LogP contribution in [0.25, 0.3) is 0 Å². The van der Waals surface area contributed by atoms with Gasteiger partial charge < -0.3 is 10.1 Å². The zero-order valence-corrected chi connectivity index (χ0v) is 13.5. The normalized spacial score (nSPS) is 21.5. The molecule has 0 bridgehead atoms. The molecule has 0 aliphatic carbocycles. The van der Waals surface area contributed by atoms with Gasteiger partial charge in [0.05, 0.1) is 24.9 Å². The molecule has 6 nitrogen and oxygen atoms in total. The van der Waals surface area contributed by atoms with E-state index in [4.69, 9.17) is 4.74 Å². The second kappa shape index (κ2) is 6.93. The Kier molecular flexibility index (Phi) is 4.73. The summed E-state index contributed by atoms with van der Waals surface area (Å²) in [5, 5.41) is 7.30. The summed E-state index contributed by atoms with van der Waals surface area (Å²) in [6, 6.07) is 11.7. The van der Waals surface area contributed by atoms with Gasteiger partial charge in [-0.25, -0.2) is 4.68 Å². The predicted molar refractivity (Wildman–Crippen MR) is 88.2 cm³/mol. The summed E-state index contributed by atoms with van der Waals surface area (Å²) >= 11 is 0. The molecule has 0 unspecified atom stereocenters. The second-order valence-corrected chi connectivity index (χ2v) is 5.90. The molecule has 23 heavy (non-hydrogen) atoms. The third-order valence-electron chi connectivity index (χ3n) is 4.29. The summed E-state index contributed by atoms with van der Waals surface area (Å²) in [5.74, 6) is 0.704. The maximum Gasteiger partial charge on any atom is 0.242 e. The van der Waals surface area contributed by atoms with Crippen LogP contribution in [-0.4, -0.2) is 53.4 Å².